The van der Waals surface area contributed by atoms with E-state index in [1.807, 2.05) is 27.1 Å². The maximum Gasteiger partial charge on any atom is 0.251 e. The molecule has 1 N–H and O–H groups in total. The molecular formula is C22H34ClN3O2. The van der Waals surface area contributed by atoms with Crippen molar-refractivity contribution in [3.63, 3.8) is 0 Å². The molecule has 0 saturated carbocycles. The maximum atomic E-state index is 12.9. The summed E-state index contributed by atoms with van der Waals surface area (Å²) in [5.41, 5.74) is 2.43. The summed E-state index contributed by atoms with van der Waals surface area (Å²) in [5.74, 6) is 0.478. The average Bonchev–Trinajstić information content (AvgIpc) is 2.60. The van der Waals surface area contributed by atoms with Gasteiger partial charge in [0.05, 0.1) is 5.92 Å². The summed E-state index contributed by atoms with van der Waals surface area (Å²) in [6.07, 6.45) is 0.948. The van der Waals surface area contributed by atoms with E-state index in [9.17, 15) is 9.59 Å². The summed E-state index contributed by atoms with van der Waals surface area (Å²) in [5, 5.41) is 3.52. The van der Waals surface area contributed by atoms with Gasteiger partial charge < -0.3 is 15.1 Å². The Labute approximate surface area is 174 Å². The molecule has 0 aliphatic carbocycles. The van der Waals surface area contributed by atoms with Crippen molar-refractivity contribution in [2.75, 3.05) is 32.1 Å². The molecule has 28 heavy (non-hydrogen) atoms. The van der Waals surface area contributed by atoms with Gasteiger partial charge in [-0.3, -0.25) is 9.59 Å². The maximum absolute atomic E-state index is 12.9. The van der Waals surface area contributed by atoms with Crippen molar-refractivity contribution in [2.24, 2.45) is 17.8 Å². The number of rotatable bonds is 6. The molecule has 0 spiro atoms. The summed E-state index contributed by atoms with van der Waals surface area (Å²) in [4.78, 5) is 29.4. The molecule has 2 rings (SSSR count). The molecule has 0 bridgehead atoms. The largest absolute Gasteiger partial charge is 0.374 e. The molecule has 2 amide bonds. The third-order valence-corrected chi connectivity index (χ3v) is 6.07. The van der Waals surface area contributed by atoms with Gasteiger partial charge in [0.25, 0.3) is 5.91 Å². The molecule has 1 fully saturated rings. The van der Waals surface area contributed by atoms with Crippen molar-refractivity contribution >= 4 is 29.1 Å². The molecule has 0 radical (unpaired) electrons. The fraction of sp³-hybridized carbons (Fsp3) is 0.636. The van der Waals surface area contributed by atoms with E-state index in [0.717, 1.165) is 24.2 Å². The molecule has 1 saturated heterocycles. The van der Waals surface area contributed by atoms with Crippen molar-refractivity contribution in [3.8, 4) is 0 Å². The average molecular weight is 408 g/mol. The lowest BCUT2D eigenvalue weighted by atomic mass is 9.83. The van der Waals surface area contributed by atoms with E-state index in [0.29, 0.717) is 23.0 Å². The van der Waals surface area contributed by atoms with Crippen LogP contribution in [0.3, 0.4) is 0 Å². The monoisotopic (exact) mass is 407 g/mol. The van der Waals surface area contributed by atoms with Gasteiger partial charge in [-0.1, -0.05) is 32.4 Å². The molecule has 1 aliphatic heterocycles. The summed E-state index contributed by atoms with van der Waals surface area (Å²) in [6, 6.07) is 3.85. The SMILES string of the molecule is Cc1c(C(=O)NCC2C(=O)N(C)C(C)CC2C)cc(Cl)cc1N(C)CC(C)C. The lowest BCUT2D eigenvalue weighted by molar-refractivity contribution is -0.141. The van der Waals surface area contributed by atoms with Crippen LogP contribution in [0, 0.1) is 24.7 Å². The molecule has 156 valence electrons. The quantitative estimate of drug-likeness (QED) is 0.776. The van der Waals surface area contributed by atoms with Gasteiger partial charge in [-0.05, 0) is 49.8 Å². The second-order valence-corrected chi connectivity index (χ2v) is 9.14. The molecule has 0 aromatic heterocycles. The van der Waals surface area contributed by atoms with E-state index in [1.54, 1.807) is 11.0 Å². The number of nitrogens with one attached hydrogen (secondary N) is 1. The fourth-order valence-corrected chi connectivity index (χ4v) is 4.32. The zero-order valence-electron chi connectivity index (χ0n) is 18.2. The van der Waals surface area contributed by atoms with E-state index in [-0.39, 0.29) is 29.7 Å². The predicted molar refractivity (Wildman–Crippen MR) is 116 cm³/mol. The number of halogens is 1. The van der Waals surface area contributed by atoms with Crippen LogP contribution in [-0.2, 0) is 4.79 Å². The van der Waals surface area contributed by atoms with Crippen LogP contribution in [0.15, 0.2) is 12.1 Å². The smallest absolute Gasteiger partial charge is 0.251 e. The number of hydrogen-bond acceptors (Lipinski definition) is 3. The topological polar surface area (TPSA) is 52.7 Å². The molecule has 6 heteroatoms. The van der Waals surface area contributed by atoms with Gasteiger partial charge in [0, 0.05) is 49.5 Å². The molecule has 1 heterocycles. The minimum atomic E-state index is -0.187. The Balaban J connectivity index is 2.16. The highest BCUT2D eigenvalue weighted by Gasteiger charge is 2.36. The summed E-state index contributed by atoms with van der Waals surface area (Å²) in [6.45, 7) is 11.6. The minimum absolute atomic E-state index is 0.103. The first-order chi connectivity index (χ1) is 13.0. The molecule has 5 nitrogen and oxygen atoms in total. The number of likely N-dealkylation sites (tertiary alicyclic amines) is 1. The lowest BCUT2D eigenvalue weighted by Crippen LogP contribution is -2.51. The van der Waals surface area contributed by atoms with E-state index >= 15 is 0 Å². The van der Waals surface area contributed by atoms with E-state index < -0.39 is 0 Å². The summed E-state index contributed by atoms with van der Waals surface area (Å²) >= 11 is 6.31. The van der Waals surface area contributed by atoms with Crippen molar-refractivity contribution in [1.82, 2.24) is 10.2 Å². The van der Waals surface area contributed by atoms with Crippen LogP contribution in [0.5, 0.6) is 0 Å². The zero-order chi connectivity index (χ0) is 21.2. The third kappa shape index (κ3) is 4.99. The van der Waals surface area contributed by atoms with Gasteiger partial charge in [0.2, 0.25) is 5.91 Å². The van der Waals surface area contributed by atoms with Crippen LogP contribution in [-0.4, -0.2) is 49.9 Å². The van der Waals surface area contributed by atoms with E-state index in [2.05, 4.69) is 37.9 Å². The van der Waals surface area contributed by atoms with Crippen LogP contribution in [0.2, 0.25) is 5.02 Å². The number of carbonyl (C=O) groups is 2. The molecular weight excluding hydrogens is 374 g/mol. The van der Waals surface area contributed by atoms with Crippen molar-refractivity contribution < 1.29 is 9.59 Å². The van der Waals surface area contributed by atoms with Crippen LogP contribution in [0.1, 0.15) is 50.0 Å². The fourth-order valence-electron chi connectivity index (χ4n) is 4.11. The Bertz CT molecular complexity index is 735. The van der Waals surface area contributed by atoms with Crippen LogP contribution in [0.25, 0.3) is 0 Å². The third-order valence-electron chi connectivity index (χ3n) is 5.85. The number of amides is 2. The van der Waals surface area contributed by atoms with Crippen LogP contribution in [0.4, 0.5) is 5.69 Å². The van der Waals surface area contributed by atoms with Gasteiger partial charge >= 0.3 is 0 Å². The number of anilines is 1. The van der Waals surface area contributed by atoms with Crippen LogP contribution >= 0.6 is 11.6 Å². The summed E-state index contributed by atoms with van der Waals surface area (Å²) < 4.78 is 0. The first-order valence-electron chi connectivity index (χ1n) is 10.1. The van der Waals surface area contributed by atoms with Crippen molar-refractivity contribution in [3.05, 3.63) is 28.3 Å². The van der Waals surface area contributed by atoms with Gasteiger partial charge in [-0.15, -0.1) is 0 Å². The van der Waals surface area contributed by atoms with Crippen molar-refractivity contribution in [2.45, 2.75) is 47.1 Å². The highest BCUT2D eigenvalue weighted by atomic mass is 35.5. The van der Waals surface area contributed by atoms with Gasteiger partial charge in [0.1, 0.15) is 0 Å². The Kier molecular flexibility index (Phi) is 7.38. The van der Waals surface area contributed by atoms with Gasteiger partial charge in [0.15, 0.2) is 0 Å². The molecule has 3 unspecified atom stereocenters. The van der Waals surface area contributed by atoms with Crippen LogP contribution < -0.4 is 10.2 Å². The standard InChI is InChI=1S/C22H34ClN3O2/c1-13(2)12-25(6)20-10-17(23)9-18(16(20)5)21(27)24-11-19-14(3)8-15(4)26(7)22(19)28/h9-10,13-15,19H,8,11-12H2,1-7H3,(H,24,27). The van der Waals surface area contributed by atoms with Crippen molar-refractivity contribution in [1.29, 1.82) is 0 Å². The number of carbonyl (C=O) groups excluding carboxylic acids is 2. The minimum Gasteiger partial charge on any atom is -0.374 e. The molecule has 1 aliphatic rings. The Hall–Kier alpha value is -1.75. The molecule has 1 aromatic carbocycles. The second kappa shape index (κ2) is 9.17. The Morgan fingerprint density at radius 2 is 2.00 bits per heavy atom. The summed E-state index contributed by atoms with van der Waals surface area (Å²) in [7, 11) is 3.85. The van der Waals surface area contributed by atoms with E-state index in [1.165, 1.54) is 0 Å². The second-order valence-electron chi connectivity index (χ2n) is 8.70. The lowest BCUT2D eigenvalue weighted by Gasteiger charge is -2.39. The van der Waals surface area contributed by atoms with Gasteiger partial charge in [-0.25, -0.2) is 0 Å². The zero-order valence-corrected chi connectivity index (χ0v) is 18.9. The number of hydrogen-bond donors (Lipinski definition) is 1. The molecule has 3 atom stereocenters. The normalized spacial score (nSPS) is 22.5. The van der Waals surface area contributed by atoms with Gasteiger partial charge in [-0.2, -0.15) is 0 Å². The first-order valence-corrected chi connectivity index (χ1v) is 10.5. The predicted octanol–water partition coefficient (Wildman–Crippen LogP) is 3.97. The Morgan fingerprint density at radius 1 is 1.36 bits per heavy atom. The number of nitrogens with zero attached hydrogens (tertiary/aromatic N) is 2. The number of benzene rings is 1. The number of piperidine rings is 1. The first kappa shape index (κ1) is 22.5. The Morgan fingerprint density at radius 3 is 2.61 bits per heavy atom. The molecule has 1 aromatic rings. The highest BCUT2D eigenvalue weighted by Crippen LogP contribution is 2.29. The highest BCUT2D eigenvalue weighted by molar-refractivity contribution is 6.31. The van der Waals surface area contributed by atoms with E-state index in [4.69, 9.17) is 11.6 Å².